The molecule has 22 heavy (non-hydrogen) atoms. The second kappa shape index (κ2) is 6.82. The van der Waals surface area contributed by atoms with Gasteiger partial charge in [0.2, 0.25) is 6.33 Å². The molecule has 0 atom stereocenters. The van der Waals surface area contributed by atoms with Crippen LogP contribution in [-0.4, -0.2) is 4.57 Å². The second-order valence-corrected chi connectivity index (χ2v) is 10.3. The van der Waals surface area contributed by atoms with Crippen LogP contribution in [0.15, 0.2) is 18.7 Å². The van der Waals surface area contributed by atoms with Crippen LogP contribution >= 0.6 is 0 Å². The zero-order chi connectivity index (χ0) is 16.7. The molecule has 0 saturated carbocycles. The first-order valence-electron chi connectivity index (χ1n) is 8.23. The number of rotatable bonds is 4. The van der Waals surface area contributed by atoms with E-state index in [-0.39, 0.29) is 35.1 Å². The number of aromatic nitrogens is 2. The van der Waals surface area contributed by atoms with Crippen LogP contribution in [0.5, 0.6) is 0 Å². The SMILES string of the molecule is CC(C)(C)CC(C)(C)n1cc[n+](C(C)(C)CC(C)(C)C)c1.[I-]. The van der Waals surface area contributed by atoms with Crippen LogP contribution in [0.25, 0.3) is 0 Å². The van der Waals surface area contributed by atoms with Gasteiger partial charge in [0, 0.05) is 0 Å². The Morgan fingerprint density at radius 3 is 1.64 bits per heavy atom. The van der Waals surface area contributed by atoms with Gasteiger partial charge in [-0.3, -0.25) is 0 Å². The van der Waals surface area contributed by atoms with Gasteiger partial charge in [-0.05, 0) is 51.4 Å². The molecular formula is C19H37IN2. The van der Waals surface area contributed by atoms with Gasteiger partial charge < -0.3 is 24.0 Å². The van der Waals surface area contributed by atoms with Crippen molar-refractivity contribution in [2.24, 2.45) is 10.8 Å². The number of hydrogen-bond donors (Lipinski definition) is 0. The van der Waals surface area contributed by atoms with Crippen LogP contribution in [-0.2, 0) is 11.1 Å². The summed E-state index contributed by atoms with van der Waals surface area (Å²) >= 11 is 0. The summed E-state index contributed by atoms with van der Waals surface area (Å²) in [5, 5.41) is 0. The van der Waals surface area contributed by atoms with E-state index in [0.717, 1.165) is 12.8 Å². The lowest BCUT2D eigenvalue weighted by molar-refractivity contribution is -0.760. The first-order chi connectivity index (χ1) is 9.12. The molecule has 3 heteroatoms. The van der Waals surface area contributed by atoms with E-state index in [9.17, 15) is 0 Å². The van der Waals surface area contributed by atoms with Crippen molar-refractivity contribution in [3.8, 4) is 0 Å². The fourth-order valence-electron chi connectivity index (χ4n) is 3.85. The highest BCUT2D eigenvalue weighted by molar-refractivity contribution is 4.87. The van der Waals surface area contributed by atoms with E-state index in [1.165, 1.54) is 0 Å². The van der Waals surface area contributed by atoms with Crippen LogP contribution in [0.4, 0.5) is 0 Å². The van der Waals surface area contributed by atoms with Crippen LogP contribution in [0, 0.1) is 10.8 Å². The van der Waals surface area contributed by atoms with Gasteiger partial charge in [-0.15, -0.1) is 0 Å². The van der Waals surface area contributed by atoms with Gasteiger partial charge in [0.15, 0.2) is 0 Å². The highest BCUT2D eigenvalue weighted by atomic mass is 127. The molecule has 0 aliphatic rings. The molecule has 0 radical (unpaired) electrons. The number of imidazole rings is 1. The Kier molecular flexibility index (Phi) is 6.80. The van der Waals surface area contributed by atoms with E-state index in [1.54, 1.807) is 0 Å². The Hall–Kier alpha value is -0.0600. The molecule has 0 fully saturated rings. The summed E-state index contributed by atoms with van der Waals surface area (Å²) in [6.07, 6.45) is 9.08. The van der Waals surface area contributed by atoms with Crippen LogP contribution in [0.1, 0.15) is 82.1 Å². The molecule has 0 aliphatic heterocycles. The van der Waals surface area contributed by atoms with Crippen molar-refractivity contribution in [1.82, 2.24) is 4.57 Å². The lowest BCUT2D eigenvalue weighted by Crippen LogP contribution is -3.00. The number of hydrogen-bond acceptors (Lipinski definition) is 0. The molecule has 0 aromatic carbocycles. The zero-order valence-electron chi connectivity index (χ0n) is 16.4. The molecule has 0 unspecified atom stereocenters. The smallest absolute Gasteiger partial charge is 0.244 e. The van der Waals surface area contributed by atoms with E-state index in [4.69, 9.17) is 0 Å². The molecule has 2 nitrogen and oxygen atoms in total. The Labute approximate surface area is 155 Å². The molecule has 1 aromatic heterocycles. The van der Waals surface area contributed by atoms with Gasteiger partial charge in [-0.2, -0.15) is 0 Å². The Morgan fingerprint density at radius 1 is 0.773 bits per heavy atom. The standard InChI is InChI=1S/C19H37N2.HI/c1-16(2,3)13-18(7,8)20-11-12-21(15-20)19(9,10)14-17(4,5)6;/h11-12,15H,13-14H2,1-10H3;1H/q+1;/p-1. The molecule has 0 bridgehead atoms. The maximum atomic E-state index is 2.38. The molecule has 0 amide bonds. The van der Waals surface area contributed by atoms with Gasteiger partial charge in [-0.1, -0.05) is 41.5 Å². The maximum Gasteiger partial charge on any atom is 0.244 e. The lowest BCUT2D eigenvalue weighted by Gasteiger charge is -2.31. The lowest BCUT2D eigenvalue weighted by atomic mass is 9.81. The predicted molar refractivity (Wildman–Crippen MR) is 91.4 cm³/mol. The van der Waals surface area contributed by atoms with Crippen molar-refractivity contribution in [2.45, 2.75) is 93.2 Å². The number of nitrogens with zero attached hydrogens (tertiary/aromatic N) is 2. The molecule has 1 rings (SSSR count). The Bertz CT molecular complexity index is 428. The summed E-state index contributed by atoms with van der Waals surface area (Å²) in [4.78, 5) is 0. The van der Waals surface area contributed by atoms with Gasteiger partial charge in [0.1, 0.15) is 23.5 Å². The largest absolute Gasteiger partial charge is 1.00 e. The molecule has 0 spiro atoms. The average molecular weight is 420 g/mol. The third-order valence-electron chi connectivity index (χ3n) is 3.96. The summed E-state index contributed by atoms with van der Waals surface area (Å²) in [7, 11) is 0. The third kappa shape index (κ3) is 6.59. The molecular weight excluding hydrogens is 383 g/mol. The predicted octanol–water partition coefficient (Wildman–Crippen LogP) is 2.12. The van der Waals surface area contributed by atoms with Crippen molar-refractivity contribution in [3.63, 3.8) is 0 Å². The highest BCUT2D eigenvalue weighted by Gasteiger charge is 2.35. The first kappa shape index (κ1) is 21.9. The first-order valence-corrected chi connectivity index (χ1v) is 8.23. The van der Waals surface area contributed by atoms with Crippen LogP contribution in [0.2, 0.25) is 0 Å². The molecule has 130 valence electrons. The van der Waals surface area contributed by atoms with E-state index >= 15 is 0 Å². The van der Waals surface area contributed by atoms with E-state index < -0.39 is 0 Å². The average Bonchev–Trinajstić information content (AvgIpc) is 2.57. The summed E-state index contributed by atoms with van der Waals surface area (Å²) in [6, 6.07) is 0. The van der Waals surface area contributed by atoms with Gasteiger partial charge >= 0.3 is 0 Å². The number of halogens is 1. The second-order valence-electron chi connectivity index (χ2n) is 10.3. The van der Waals surface area contributed by atoms with E-state index in [1.807, 2.05) is 0 Å². The fraction of sp³-hybridized carbons (Fsp3) is 0.842. The Morgan fingerprint density at radius 2 is 1.23 bits per heavy atom. The van der Waals surface area contributed by atoms with Crippen LogP contribution in [0.3, 0.4) is 0 Å². The topological polar surface area (TPSA) is 8.81 Å². The van der Waals surface area contributed by atoms with E-state index in [0.29, 0.717) is 10.8 Å². The van der Waals surface area contributed by atoms with Crippen molar-refractivity contribution >= 4 is 0 Å². The van der Waals surface area contributed by atoms with Gasteiger partial charge in [0.25, 0.3) is 0 Å². The van der Waals surface area contributed by atoms with Gasteiger partial charge in [0.05, 0.1) is 0 Å². The molecule has 1 heterocycles. The minimum atomic E-state index is 0. The molecule has 0 saturated heterocycles. The summed E-state index contributed by atoms with van der Waals surface area (Å²) in [5.41, 5.74) is 0.946. The van der Waals surface area contributed by atoms with Crippen molar-refractivity contribution in [1.29, 1.82) is 0 Å². The normalized spacial score (nSPS) is 13.9. The van der Waals surface area contributed by atoms with Crippen molar-refractivity contribution in [2.75, 3.05) is 0 Å². The monoisotopic (exact) mass is 420 g/mol. The van der Waals surface area contributed by atoms with Crippen molar-refractivity contribution in [3.05, 3.63) is 18.7 Å². The fourth-order valence-corrected chi connectivity index (χ4v) is 3.85. The quantitative estimate of drug-likeness (QED) is 0.521. The summed E-state index contributed by atoms with van der Waals surface area (Å²) in [6.45, 7) is 23.2. The minimum Gasteiger partial charge on any atom is -1.00 e. The summed E-state index contributed by atoms with van der Waals surface area (Å²) < 4.78 is 4.76. The molecule has 0 N–H and O–H groups in total. The third-order valence-corrected chi connectivity index (χ3v) is 3.96. The summed E-state index contributed by atoms with van der Waals surface area (Å²) in [5.74, 6) is 0. The van der Waals surface area contributed by atoms with Gasteiger partial charge in [-0.25, -0.2) is 9.13 Å². The Balaban J connectivity index is 0.00000441. The van der Waals surface area contributed by atoms with E-state index in [2.05, 4.69) is 97.1 Å². The maximum absolute atomic E-state index is 2.38. The molecule has 1 aromatic rings. The van der Waals surface area contributed by atoms with Crippen LogP contribution < -0.4 is 28.5 Å². The van der Waals surface area contributed by atoms with Crippen molar-refractivity contribution < 1.29 is 28.5 Å². The minimum absolute atomic E-state index is 0. The zero-order valence-corrected chi connectivity index (χ0v) is 18.6. The highest BCUT2D eigenvalue weighted by Crippen LogP contribution is 2.32. The molecule has 0 aliphatic carbocycles.